The van der Waals surface area contributed by atoms with Crippen LogP contribution in [0.1, 0.15) is 44.1 Å². The van der Waals surface area contributed by atoms with Gasteiger partial charge in [0.1, 0.15) is 12.1 Å². The molecule has 3 fully saturated rings. The standard InChI is InChI=1S/C20H26N2O4/c23-18(24)20(10-12-21-11-4-7-17(21)13-20)22(16-8-9-16)19(25)26-14-15-5-2-1-3-6-15/h1-3,5-6,16-17H,4,7-14H2,(H,23,24). The molecular formula is C20H26N2O4. The number of benzene rings is 1. The Bertz CT molecular complexity index is 676. The van der Waals surface area contributed by atoms with E-state index < -0.39 is 17.6 Å². The molecule has 6 heteroatoms. The highest BCUT2D eigenvalue weighted by molar-refractivity contribution is 5.85. The van der Waals surface area contributed by atoms with Crippen molar-refractivity contribution in [3.8, 4) is 0 Å². The van der Waals surface area contributed by atoms with E-state index in [9.17, 15) is 14.7 Å². The highest BCUT2D eigenvalue weighted by Gasteiger charge is 2.56. The van der Waals surface area contributed by atoms with Gasteiger partial charge in [-0.15, -0.1) is 0 Å². The Morgan fingerprint density at radius 3 is 2.65 bits per heavy atom. The molecule has 2 atom stereocenters. The van der Waals surface area contributed by atoms with Crippen molar-refractivity contribution >= 4 is 12.1 Å². The van der Waals surface area contributed by atoms with E-state index in [4.69, 9.17) is 4.74 Å². The van der Waals surface area contributed by atoms with Crippen molar-refractivity contribution in [3.63, 3.8) is 0 Å². The Morgan fingerprint density at radius 2 is 1.96 bits per heavy atom. The van der Waals surface area contributed by atoms with Crippen LogP contribution in [0.25, 0.3) is 0 Å². The predicted octanol–water partition coefficient (Wildman–Crippen LogP) is 2.87. The number of ether oxygens (including phenoxy) is 1. The second-order valence-electron chi connectivity index (χ2n) is 7.76. The van der Waals surface area contributed by atoms with Crippen LogP contribution >= 0.6 is 0 Å². The van der Waals surface area contributed by atoms with Crippen molar-refractivity contribution in [1.29, 1.82) is 0 Å². The molecule has 2 aliphatic heterocycles. The van der Waals surface area contributed by atoms with E-state index in [1.807, 2.05) is 30.3 Å². The highest BCUT2D eigenvalue weighted by Crippen LogP contribution is 2.43. The van der Waals surface area contributed by atoms with Gasteiger partial charge in [0, 0.05) is 18.6 Å². The highest BCUT2D eigenvalue weighted by atomic mass is 16.6. The van der Waals surface area contributed by atoms with E-state index in [1.165, 1.54) is 0 Å². The number of amides is 1. The lowest BCUT2D eigenvalue weighted by Gasteiger charge is -2.47. The summed E-state index contributed by atoms with van der Waals surface area (Å²) >= 11 is 0. The zero-order valence-electron chi connectivity index (χ0n) is 15.0. The third-order valence-corrected chi connectivity index (χ3v) is 6.06. The number of hydrogen-bond donors (Lipinski definition) is 1. The van der Waals surface area contributed by atoms with E-state index >= 15 is 0 Å². The average molecular weight is 358 g/mol. The van der Waals surface area contributed by atoms with Crippen molar-refractivity contribution in [3.05, 3.63) is 35.9 Å². The number of hydrogen-bond acceptors (Lipinski definition) is 4. The molecule has 140 valence electrons. The molecule has 0 radical (unpaired) electrons. The van der Waals surface area contributed by atoms with E-state index in [2.05, 4.69) is 4.90 Å². The summed E-state index contributed by atoms with van der Waals surface area (Å²) in [6.07, 6.45) is 4.38. The maximum absolute atomic E-state index is 12.9. The fourth-order valence-electron chi connectivity index (χ4n) is 4.55. The number of carbonyl (C=O) groups excluding carboxylic acids is 1. The van der Waals surface area contributed by atoms with Gasteiger partial charge in [-0.25, -0.2) is 9.59 Å². The summed E-state index contributed by atoms with van der Waals surface area (Å²) in [6, 6.07) is 9.78. The molecule has 4 rings (SSSR count). The van der Waals surface area contributed by atoms with E-state index in [-0.39, 0.29) is 18.7 Å². The molecule has 6 nitrogen and oxygen atoms in total. The van der Waals surface area contributed by atoms with Gasteiger partial charge in [0.05, 0.1) is 0 Å². The lowest BCUT2D eigenvalue weighted by atomic mass is 9.81. The van der Waals surface area contributed by atoms with E-state index in [0.29, 0.717) is 12.8 Å². The summed E-state index contributed by atoms with van der Waals surface area (Å²) in [7, 11) is 0. The maximum atomic E-state index is 12.9. The Morgan fingerprint density at radius 1 is 1.19 bits per heavy atom. The fourth-order valence-corrected chi connectivity index (χ4v) is 4.55. The monoisotopic (exact) mass is 358 g/mol. The molecule has 1 aliphatic carbocycles. The topological polar surface area (TPSA) is 70.1 Å². The Balaban J connectivity index is 1.53. The van der Waals surface area contributed by atoms with Crippen LogP contribution in [-0.4, -0.2) is 57.7 Å². The first-order valence-electron chi connectivity index (χ1n) is 9.58. The van der Waals surface area contributed by atoms with Gasteiger partial charge in [-0.05, 0) is 50.6 Å². The zero-order valence-corrected chi connectivity index (χ0v) is 15.0. The Labute approximate surface area is 153 Å². The first kappa shape index (κ1) is 17.3. The third kappa shape index (κ3) is 3.18. The SMILES string of the molecule is O=C(OCc1ccccc1)N(C1CC1)C1(C(=O)O)CCN2CCCC2C1. The quantitative estimate of drug-likeness (QED) is 0.876. The first-order chi connectivity index (χ1) is 12.6. The lowest BCUT2D eigenvalue weighted by molar-refractivity contribution is -0.156. The van der Waals surface area contributed by atoms with Gasteiger partial charge in [0.15, 0.2) is 0 Å². The van der Waals surface area contributed by atoms with Gasteiger partial charge in [-0.2, -0.15) is 0 Å². The predicted molar refractivity (Wildman–Crippen MR) is 95.7 cm³/mol. The third-order valence-electron chi connectivity index (χ3n) is 6.06. The minimum absolute atomic E-state index is 0.00215. The average Bonchev–Trinajstić information content (AvgIpc) is 3.36. The summed E-state index contributed by atoms with van der Waals surface area (Å²) in [5, 5.41) is 10.1. The fraction of sp³-hybridized carbons (Fsp3) is 0.600. The second kappa shape index (κ2) is 6.91. The van der Waals surface area contributed by atoms with Crippen molar-refractivity contribution in [1.82, 2.24) is 9.80 Å². The maximum Gasteiger partial charge on any atom is 0.411 e. The molecule has 1 N–H and O–H groups in total. The minimum atomic E-state index is -1.12. The van der Waals surface area contributed by atoms with Crippen LogP contribution in [-0.2, 0) is 16.1 Å². The molecule has 2 saturated heterocycles. The molecule has 1 aromatic carbocycles. The molecule has 26 heavy (non-hydrogen) atoms. The zero-order chi connectivity index (χ0) is 18.1. The number of aliphatic carboxylic acids is 1. The van der Waals surface area contributed by atoms with Crippen LogP contribution in [0.3, 0.4) is 0 Å². The van der Waals surface area contributed by atoms with Crippen LogP contribution in [0.5, 0.6) is 0 Å². The van der Waals surface area contributed by atoms with Gasteiger partial charge < -0.3 is 14.7 Å². The molecular weight excluding hydrogens is 332 g/mol. The molecule has 2 unspecified atom stereocenters. The smallest absolute Gasteiger partial charge is 0.411 e. The van der Waals surface area contributed by atoms with Crippen molar-refractivity contribution < 1.29 is 19.4 Å². The summed E-state index contributed by atoms with van der Waals surface area (Å²) in [5.74, 6) is -0.882. The molecule has 3 aliphatic rings. The van der Waals surface area contributed by atoms with Crippen LogP contribution in [0.4, 0.5) is 4.79 Å². The minimum Gasteiger partial charge on any atom is -0.479 e. The van der Waals surface area contributed by atoms with Crippen LogP contribution < -0.4 is 0 Å². The van der Waals surface area contributed by atoms with Gasteiger partial charge in [-0.3, -0.25) is 4.90 Å². The van der Waals surface area contributed by atoms with Gasteiger partial charge in [0.2, 0.25) is 0 Å². The molecule has 0 aromatic heterocycles. The van der Waals surface area contributed by atoms with Crippen LogP contribution in [0.15, 0.2) is 30.3 Å². The molecule has 1 aromatic rings. The summed E-state index contributed by atoms with van der Waals surface area (Å²) in [4.78, 5) is 29.2. The lowest BCUT2D eigenvalue weighted by Crippen LogP contribution is -2.64. The number of nitrogens with zero attached hydrogens (tertiary/aromatic N) is 2. The largest absolute Gasteiger partial charge is 0.479 e. The Kier molecular flexibility index (Phi) is 4.61. The first-order valence-corrected chi connectivity index (χ1v) is 9.58. The van der Waals surface area contributed by atoms with Crippen molar-refractivity contribution in [2.45, 2.75) is 62.8 Å². The molecule has 0 spiro atoms. The number of fused-ring (bicyclic) bond motifs is 1. The molecule has 1 amide bonds. The summed E-state index contributed by atoms with van der Waals surface area (Å²) in [6.45, 7) is 1.96. The van der Waals surface area contributed by atoms with Crippen molar-refractivity contribution in [2.24, 2.45) is 0 Å². The van der Waals surface area contributed by atoms with E-state index in [0.717, 1.165) is 44.3 Å². The number of carbonyl (C=O) groups is 2. The van der Waals surface area contributed by atoms with Gasteiger partial charge in [0.25, 0.3) is 0 Å². The second-order valence-corrected chi connectivity index (χ2v) is 7.76. The Hall–Kier alpha value is -2.08. The molecule has 0 bridgehead atoms. The van der Waals surface area contributed by atoms with Crippen molar-refractivity contribution in [2.75, 3.05) is 13.1 Å². The number of rotatable bonds is 5. The van der Waals surface area contributed by atoms with Crippen LogP contribution in [0.2, 0.25) is 0 Å². The summed E-state index contributed by atoms with van der Waals surface area (Å²) < 4.78 is 5.54. The molecule has 2 heterocycles. The summed E-state index contributed by atoms with van der Waals surface area (Å²) in [5.41, 5.74) is -0.216. The van der Waals surface area contributed by atoms with E-state index in [1.54, 1.807) is 4.90 Å². The normalized spacial score (nSPS) is 28.4. The van der Waals surface area contributed by atoms with Gasteiger partial charge >= 0.3 is 12.1 Å². The number of piperidine rings is 1. The number of carboxylic acid groups (broad SMARTS) is 1. The van der Waals surface area contributed by atoms with Crippen LogP contribution in [0, 0.1) is 0 Å². The number of carboxylic acids is 1. The van der Waals surface area contributed by atoms with Gasteiger partial charge in [-0.1, -0.05) is 30.3 Å². The molecule has 1 saturated carbocycles.